The van der Waals surface area contributed by atoms with Gasteiger partial charge in [-0.05, 0) is 49.2 Å². The zero-order chi connectivity index (χ0) is 19.2. The van der Waals surface area contributed by atoms with Gasteiger partial charge in [0, 0.05) is 10.7 Å². The van der Waals surface area contributed by atoms with Crippen molar-refractivity contribution in [2.45, 2.75) is 19.3 Å². The Labute approximate surface area is 161 Å². The van der Waals surface area contributed by atoms with Crippen LogP contribution in [0, 0.1) is 5.92 Å². The number of benzene rings is 2. The summed E-state index contributed by atoms with van der Waals surface area (Å²) in [6, 6.07) is 13.3. The fourth-order valence-electron chi connectivity index (χ4n) is 2.61. The number of hydrogen-bond donors (Lipinski definition) is 2. The molecular weight excluding hydrogens is 368 g/mol. The lowest BCUT2D eigenvalue weighted by Crippen LogP contribution is -2.28. The van der Waals surface area contributed by atoms with Crippen molar-refractivity contribution in [1.29, 1.82) is 0 Å². The van der Waals surface area contributed by atoms with E-state index in [2.05, 4.69) is 10.6 Å². The minimum atomic E-state index is -0.491. The lowest BCUT2D eigenvalue weighted by atomic mass is 9.86. The molecular formula is C20H19ClN2O4. The number of carbonyl (C=O) groups excluding carboxylic acids is 3. The van der Waals surface area contributed by atoms with Crippen molar-refractivity contribution in [3.8, 4) is 0 Å². The van der Waals surface area contributed by atoms with Crippen LogP contribution in [0.4, 0.5) is 11.4 Å². The van der Waals surface area contributed by atoms with E-state index in [1.807, 2.05) is 0 Å². The number of ether oxygens (including phenoxy) is 1. The van der Waals surface area contributed by atoms with Crippen molar-refractivity contribution >= 4 is 40.8 Å². The Morgan fingerprint density at radius 3 is 2.37 bits per heavy atom. The molecule has 0 unspecified atom stereocenters. The van der Waals surface area contributed by atoms with E-state index >= 15 is 0 Å². The standard InChI is InChI=1S/C20H19ClN2O4/c21-14-8-10-15(11-9-14)22-19(25)16-6-1-2-7-17(16)23-18(24)12-27-20(26)13-4-3-5-13/h1-2,6-11,13H,3-5,12H2,(H,22,25)(H,23,24). The molecule has 0 aromatic heterocycles. The van der Waals surface area contributed by atoms with E-state index in [0.29, 0.717) is 22.0 Å². The van der Waals surface area contributed by atoms with Crippen molar-refractivity contribution in [2.24, 2.45) is 5.92 Å². The van der Waals surface area contributed by atoms with Gasteiger partial charge in [-0.1, -0.05) is 30.2 Å². The number of para-hydroxylation sites is 1. The molecule has 2 aromatic carbocycles. The van der Waals surface area contributed by atoms with E-state index in [1.165, 1.54) is 0 Å². The maximum atomic E-state index is 12.5. The molecule has 1 fully saturated rings. The Balaban J connectivity index is 1.60. The highest BCUT2D eigenvalue weighted by molar-refractivity contribution is 6.30. The minimum Gasteiger partial charge on any atom is -0.455 e. The third-order valence-corrected chi connectivity index (χ3v) is 4.58. The van der Waals surface area contributed by atoms with Crippen molar-refractivity contribution in [3.63, 3.8) is 0 Å². The molecule has 0 radical (unpaired) electrons. The van der Waals surface area contributed by atoms with Gasteiger partial charge < -0.3 is 15.4 Å². The second-order valence-corrected chi connectivity index (χ2v) is 6.73. The second kappa shape index (κ2) is 8.68. The highest BCUT2D eigenvalue weighted by atomic mass is 35.5. The second-order valence-electron chi connectivity index (χ2n) is 6.29. The Bertz CT molecular complexity index is 847. The van der Waals surface area contributed by atoms with Gasteiger partial charge in [-0.25, -0.2) is 0 Å². The third kappa shape index (κ3) is 5.08. The molecule has 2 aromatic rings. The monoisotopic (exact) mass is 386 g/mol. The minimum absolute atomic E-state index is 0.0877. The molecule has 0 heterocycles. The van der Waals surface area contributed by atoms with Gasteiger partial charge in [-0.15, -0.1) is 0 Å². The van der Waals surface area contributed by atoms with E-state index in [4.69, 9.17) is 16.3 Å². The number of halogens is 1. The number of nitrogens with one attached hydrogen (secondary N) is 2. The van der Waals surface area contributed by atoms with E-state index in [9.17, 15) is 14.4 Å². The molecule has 1 aliphatic rings. The first-order chi connectivity index (χ1) is 13.0. The fraction of sp³-hybridized carbons (Fsp3) is 0.250. The van der Waals surface area contributed by atoms with Gasteiger partial charge in [-0.3, -0.25) is 14.4 Å². The van der Waals surface area contributed by atoms with Gasteiger partial charge in [0.05, 0.1) is 17.2 Å². The lowest BCUT2D eigenvalue weighted by molar-refractivity contribution is -0.154. The van der Waals surface area contributed by atoms with Gasteiger partial charge >= 0.3 is 5.97 Å². The molecule has 27 heavy (non-hydrogen) atoms. The molecule has 6 nitrogen and oxygen atoms in total. The summed E-state index contributed by atoms with van der Waals surface area (Å²) >= 11 is 5.84. The molecule has 3 rings (SSSR count). The van der Waals surface area contributed by atoms with Gasteiger partial charge in [0.25, 0.3) is 11.8 Å². The maximum Gasteiger partial charge on any atom is 0.309 e. The third-order valence-electron chi connectivity index (χ3n) is 4.33. The summed E-state index contributed by atoms with van der Waals surface area (Å²) in [5.41, 5.74) is 1.22. The van der Waals surface area contributed by atoms with Crippen LogP contribution < -0.4 is 10.6 Å². The molecule has 0 atom stereocenters. The Morgan fingerprint density at radius 2 is 1.70 bits per heavy atom. The number of rotatable bonds is 6. The molecule has 0 aliphatic heterocycles. The van der Waals surface area contributed by atoms with Crippen LogP contribution in [0.2, 0.25) is 5.02 Å². The summed E-state index contributed by atoms with van der Waals surface area (Å²) in [4.78, 5) is 36.3. The van der Waals surface area contributed by atoms with Gasteiger partial charge in [0.2, 0.25) is 0 Å². The number of esters is 1. The number of amides is 2. The highest BCUT2D eigenvalue weighted by Gasteiger charge is 2.27. The van der Waals surface area contributed by atoms with Crippen LogP contribution in [0.5, 0.6) is 0 Å². The summed E-state index contributed by atoms with van der Waals surface area (Å²) in [7, 11) is 0. The van der Waals surface area contributed by atoms with E-state index in [1.54, 1.807) is 48.5 Å². The van der Waals surface area contributed by atoms with Crippen LogP contribution in [-0.4, -0.2) is 24.4 Å². The first kappa shape index (κ1) is 18.9. The van der Waals surface area contributed by atoms with Crippen molar-refractivity contribution in [2.75, 3.05) is 17.2 Å². The number of hydrogen-bond acceptors (Lipinski definition) is 4. The van der Waals surface area contributed by atoms with Crippen LogP contribution >= 0.6 is 11.6 Å². The number of anilines is 2. The average Bonchev–Trinajstić information content (AvgIpc) is 2.61. The zero-order valence-electron chi connectivity index (χ0n) is 14.5. The molecule has 1 aliphatic carbocycles. The Kier molecular flexibility index (Phi) is 6.08. The van der Waals surface area contributed by atoms with Gasteiger partial charge in [-0.2, -0.15) is 0 Å². The summed E-state index contributed by atoms with van der Waals surface area (Å²) in [5, 5.41) is 5.93. The van der Waals surface area contributed by atoms with Gasteiger partial charge in [0.15, 0.2) is 6.61 Å². The smallest absolute Gasteiger partial charge is 0.309 e. The maximum absolute atomic E-state index is 12.5. The largest absolute Gasteiger partial charge is 0.455 e. The predicted octanol–water partition coefficient (Wildman–Crippen LogP) is 3.87. The molecule has 7 heteroatoms. The summed E-state index contributed by atoms with van der Waals surface area (Å²) in [5.74, 6) is -1.30. The average molecular weight is 387 g/mol. The molecule has 1 saturated carbocycles. The zero-order valence-corrected chi connectivity index (χ0v) is 15.3. The molecule has 140 valence electrons. The fourth-order valence-corrected chi connectivity index (χ4v) is 2.73. The Morgan fingerprint density at radius 1 is 1.00 bits per heavy atom. The van der Waals surface area contributed by atoms with Crippen LogP contribution in [0.3, 0.4) is 0 Å². The van der Waals surface area contributed by atoms with Crippen molar-refractivity contribution in [1.82, 2.24) is 0 Å². The van der Waals surface area contributed by atoms with Crippen molar-refractivity contribution in [3.05, 3.63) is 59.1 Å². The normalized spacial score (nSPS) is 13.4. The topological polar surface area (TPSA) is 84.5 Å². The highest BCUT2D eigenvalue weighted by Crippen LogP contribution is 2.27. The number of carbonyl (C=O) groups is 3. The Hall–Kier alpha value is -2.86. The van der Waals surface area contributed by atoms with Crippen molar-refractivity contribution < 1.29 is 19.1 Å². The molecule has 2 N–H and O–H groups in total. The van der Waals surface area contributed by atoms with Crippen LogP contribution in [0.25, 0.3) is 0 Å². The van der Waals surface area contributed by atoms with Gasteiger partial charge in [0.1, 0.15) is 0 Å². The lowest BCUT2D eigenvalue weighted by Gasteiger charge is -2.22. The van der Waals surface area contributed by atoms with E-state index in [-0.39, 0.29) is 24.4 Å². The first-order valence-corrected chi connectivity index (χ1v) is 9.03. The molecule has 0 saturated heterocycles. The first-order valence-electron chi connectivity index (χ1n) is 8.65. The molecule has 2 amide bonds. The quantitative estimate of drug-likeness (QED) is 0.738. The summed E-state index contributed by atoms with van der Waals surface area (Å²) < 4.78 is 5.02. The summed E-state index contributed by atoms with van der Waals surface area (Å²) in [6.07, 6.45) is 2.64. The van der Waals surface area contributed by atoms with Crippen LogP contribution in [0.1, 0.15) is 29.6 Å². The predicted molar refractivity (Wildman–Crippen MR) is 103 cm³/mol. The molecule has 0 spiro atoms. The molecule has 0 bridgehead atoms. The van der Waals surface area contributed by atoms with E-state index in [0.717, 1.165) is 19.3 Å². The van der Waals surface area contributed by atoms with E-state index < -0.39 is 5.91 Å². The van der Waals surface area contributed by atoms with Crippen LogP contribution in [-0.2, 0) is 14.3 Å². The van der Waals surface area contributed by atoms with Crippen LogP contribution in [0.15, 0.2) is 48.5 Å². The SMILES string of the molecule is O=C(COC(=O)C1CCC1)Nc1ccccc1C(=O)Nc1ccc(Cl)cc1. The summed E-state index contributed by atoms with van der Waals surface area (Å²) in [6.45, 7) is -0.373.